The van der Waals surface area contributed by atoms with Crippen molar-refractivity contribution in [1.29, 1.82) is 0 Å². The number of nitrogens with one attached hydrogen (secondary N) is 1. The number of pyridine rings is 1. The second-order valence-electron chi connectivity index (χ2n) is 3.57. The van der Waals surface area contributed by atoms with Crippen LogP contribution in [0.5, 0.6) is 0 Å². The molecule has 1 heterocycles. The predicted octanol–water partition coefficient (Wildman–Crippen LogP) is 2.16. The molecule has 0 aliphatic carbocycles. The minimum absolute atomic E-state index is 0.382. The summed E-state index contributed by atoms with van der Waals surface area (Å²) in [7, 11) is 1.74. The van der Waals surface area contributed by atoms with E-state index in [1.165, 1.54) is 5.56 Å². The maximum absolute atomic E-state index is 5.12. The summed E-state index contributed by atoms with van der Waals surface area (Å²) in [5.74, 6) is 0. The van der Waals surface area contributed by atoms with Crippen molar-refractivity contribution in [3.05, 3.63) is 30.1 Å². The minimum Gasteiger partial charge on any atom is -0.385 e. The van der Waals surface area contributed by atoms with Crippen molar-refractivity contribution < 1.29 is 4.74 Å². The Morgan fingerprint density at radius 1 is 1.40 bits per heavy atom. The molecule has 1 atom stereocenters. The van der Waals surface area contributed by atoms with Crippen LogP contribution in [-0.4, -0.2) is 25.2 Å². The lowest BCUT2D eigenvalue weighted by Gasteiger charge is -2.18. The quantitative estimate of drug-likeness (QED) is 0.745. The van der Waals surface area contributed by atoms with E-state index < -0.39 is 0 Å². The van der Waals surface area contributed by atoms with E-state index in [4.69, 9.17) is 4.74 Å². The number of hydrogen-bond donors (Lipinski definition) is 1. The SMILES string of the molecule is CCCNC(CCOC)c1ccncc1. The zero-order chi connectivity index (χ0) is 10.9. The van der Waals surface area contributed by atoms with Crippen LogP contribution < -0.4 is 5.32 Å². The van der Waals surface area contributed by atoms with Gasteiger partial charge in [0.2, 0.25) is 0 Å². The van der Waals surface area contributed by atoms with Crippen LogP contribution in [0.2, 0.25) is 0 Å². The molecule has 1 aromatic rings. The van der Waals surface area contributed by atoms with Gasteiger partial charge in [-0.15, -0.1) is 0 Å². The summed E-state index contributed by atoms with van der Waals surface area (Å²) in [6, 6.07) is 4.50. The summed E-state index contributed by atoms with van der Waals surface area (Å²) < 4.78 is 5.12. The topological polar surface area (TPSA) is 34.1 Å². The van der Waals surface area contributed by atoms with Crippen LogP contribution in [0.3, 0.4) is 0 Å². The number of methoxy groups -OCH3 is 1. The first-order valence-electron chi connectivity index (χ1n) is 5.50. The third kappa shape index (κ3) is 4.40. The molecule has 15 heavy (non-hydrogen) atoms. The average molecular weight is 208 g/mol. The first kappa shape index (κ1) is 12.1. The molecular weight excluding hydrogens is 188 g/mol. The Bertz CT molecular complexity index is 243. The molecule has 0 saturated carbocycles. The van der Waals surface area contributed by atoms with E-state index in [0.717, 1.165) is 26.0 Å². The molecule has 0 aromatic carbocycles. The third-order valence-electron chi connectivity index (χ3n) is 2.36. The van der Waals surface area contributed by atoms with Crippen LogP contribution in [0.1, 0.15) is 31.4 Å². The Kier molecular flexibility index (Phi) is 5.97. The van der Waals surface area contributed by atoms with Gasteiger partial charge in [0.15, 0.2) is 0 Å². The Balaban J connectivity index is 2.55. The zero-order valence-electron chi connectivity index (χ0n) is 9.57. The van der Waals surface area contributed by atoms with Crippen molar-refractivity contribution in [1.82, 2.24) is 10.3 Å². The molecule has 0 amide bonds. The molecule has 1 unspecified atom stereocenters. The molecule has 0 aliphatic heterocycles. The van der Waals surface area contributed by atoms with Gasteiger partial charge in [0, 0.05) is 32.2 Å². The van der Waals surface area contributed by atoms with E-state index >= 15 is 0 Å². The van der Waals surface area contributed by atoms with Gasteiger partial charge >= 0.3 is 0 Å². The maximum atomic E-state index is 5.12. The summed E-state index contributed by atoms with van der Waals surface area (Å²) in [5, 5.41) is 3.51. The molecular formula is C12H20N2O. The molecule has 3 nitrogen and oxygen atoms in total. The molecule has 0 radical (unpaired) electrons. The van der Waals surface area contributed by atoms with E-state index in [9.17, 15) is 0 Å². The van der Waals surface area contributed by atoms with Gasteiger partial charge in [-0.2, -0.15) is 0 Å². The van der Waals surface area contributed by atoms with Gasteiger partial charge in [0.1, 0.15) is 0 Å². The average Bonchev–Trinajstić information content (AvgIpc) is 2.30. The Morgan fingerprint density at radius 2 is 2.13 bits per heavy atom. The van der Waals surface area contributed by atoms with Gasteiger partial charge in [-0.3, -0.25) is 4.98 Å². The largest absolute Gasteiger partial charge is 0.385 e. The number of rotatable bonds is 7. The minimum atomic E-state index is 0.382. The molecule has 1 aromatic heterocycles. The van der Waals surface area contributed by atoms with E-state index in [-0.39, 0.29) is 0 Å². The lowest BCUT2D eigenvalue weighted by atomic mass is 10.1. The summed E-state index contributed by atoms with van der Waals surface area (Å²) >= 11 is 0. The smallest absolute Gasteiger partial charge is 0.0480 e. The molecule has 1 N–H and O–H groups in total. The summed E-state index contributed by atoms with van der Waals surface area (Å²) in [6.07, 6.45) is 5.82. The zero-order valence-corrected chi connectivity index (χ0v) is 9.57. The van der Waals surface area contributed by atoms with Gasteiger partial charge in [0.05, 0.1) is 0 Å². The monoisotopic (exact) mass is 208 g/mol. The van der Waals surface area contributed by atoms with Crippen LogP contribution in [0.15, 0.2) is 24.5 Å². The van der Waals surface area contributed by atoms with Crippen molar-refractivity contribution in [3.8, 4) is 0 Å². The lowest BCUT2D eigenvalue weighted by Crippen LogP contribution is -2.23. The normalized spacial score (nSPS) is 12.7. The van der Waals surface area contributed by atoms with Crippen molar-refractivity contribution >= 4 is 0 Å². The Morgan fingerprint density at radius 3 is 2.73 bits per heavy atom. The van der Waals surface area contributed by atoms with Crippen molar-refractivity contribution in [2.45, 2.75) is 25.8 Å². The molecule has 0 spiro atoms. The van der Waals surface area contributed by atoms with Crippen LogP contribution in [-0.2, 0) is 4.74 Å². The highest BCUT2D eigenvalue weighted by Crippen LogP contribution is 2.15. The fourth-order valence-electron chi connectivity index (χ4n) is 1.54. The van der Waals surface area contributed by atoms with Crippen LogP contribution in [0.25, 0.3) is 0 Å². The predicted molar refractivity (Wildman–Crippen MR) is 61.8 cm³/mol. The number of nitrogens with zero attached hydrogens (tertiary/aromatic N) is 1. The first-order chi connectivity index (χ1) is 7.38. The van der Waals surface area contributed by atoms with Gasteiger partial charge in [0.25, 0.3) is 0 Å². The highest BCUT2D eigenvalue weighted by Gasteiger charge is 2.09. The van der Waals surface area contributed by atoms with Crippen LogP contribution in [0.4, 0.5) is 0 Å². The molecule has 0 bridgehead atoms. The van der Waals surface area contributed by atoms with Crippen molar-refractivity contribution in [2.75, 3.05) is 20.3 Å². The second kappa shape index (κ2) is 7.37. The lowest BCUT2D eigenvalue weighted by molar-refractivity contribution is 0.183. The second-order valence-corrected chi connectivity index (χ2v) is 3.57. The summed E-state index contributed by atoms with van der Waals surface area (Å²) in [6.45, 7) is 3.99. The van der Waals surface area contributed by atoms with E-state index in [2.05, 4.69) is 29.4 Å². The first-order valence-corrected chi connectivity index (χ1v) is 5.50. The number of hydrogen-bond acceptors (Lipinski definition) is 3. The fourth-order valence-corrected chi connectivity index (χ4v) is 1.54. The van der Waals surface area contributed by atoms with Gasteiger partial charge < -0.3 is 10.1 Å². The molecule has 0 aliphatic rings. The summed E-state index contributed by atoms with van der Waals surface area (Å²) in [5.41, 5.74) is 1.29. The molecule has 0 fully saturated rings. The van der Waals surface area contributed by atoms with Gasteiger partial charge in [-0.25, -0.2) is 0 Å². The van der Waals surface area contributed by atoms with Gasteiger partial charge in [-0.05, 0) is 37.1 Å². The fraction of sp³-hybridized carbons (Fsp3) is 0.583. The molecule has 84 valence electrons. The third-order valence-corrected chi connectivity index (χ3v) is 2.36. The Hall–Kier alpha value is -0.930. The maximum Gasteiger partial charge on any atom is 0.0480 e. The molecule has 3 heteroatoms. The molecule has 1 rings (SSSR count). The van der Waals surface area contributed by atoms with Crippen molar-refractivity contribution in [3.63, 3.8) is 0 Å². The van der Waals surface area contributed by atoms with E-state index in [1.54, 1.807) is 7.11 Å². The van der Waals surface area contributed by atoms with E-state index in [1.807, 2.05) is 12.4 Å². The number of aromatic nitrogens is 1. The Labute approximate surface area is 91.9 Å². The van der Waals surface area contributed by atoms with Crippen LogP contribution >= 0.6 is 0 Å². The standard InChI is InChI=1S/C12H20N2O/c1-3-7-14-12(6-10-15-2)11-4-8-13-9-5-11/h4-5,8-9,12,14H,3,6-7,10H2,1-2H3. The van der Waals surface area contributed by atoms with Crippen LogP contribution in [0, 0.1) is 0 Å². The highest BCUT2D eigenvalue weighted by molar-refractivity contribution is 5.14. The summed E-state index contributed by atoms with van der Waals surface area (Å²) in [4.78, 5) is 4.03. The highest BCUT2D eigenvalue weighted by atomic mass is 16.5. The molecule has 0 saturated heterocycles. The van der Waals surface area contributed by atoms with E-state index in [0.29, 0.717) is 6.04 Å². The van der Waals surface area contributed by atoms with Gasteiger partial charge in [-0.1, -0.05) is 6.92 Å². The van der Waals surface area contributed by atoms with Crippen molar-refractivity contribution in [2.24, 2.45) is 0 Å². The number of ether oxygens (including phenoxy) is 1.